The fraction of sp³-hybridized carbons (Fsp3) is 0.796. The molecule has 0 aromatic carbocycles. The van der Waals surface area contributed by atoms with E-state index in [-0.39, 0.29) is 124 Å². The average molecular weight is 1120 g/mol. The molecule has 0 fully saturated rings. The van der Waals surface area contributed by atoms with Gasteiger partial charge in [-0.3, -0.25) is 43.2 Å². The lowest BCUT2D eigenvalue weighted by Gasteiger charge is -2.15. The predicted molar refractivity (Wildman–Crippen MR) is 285 cm³/mol. The van der Waals surface area contributed by atoms with Gasteiger partial charge in [-0.2, -0.15) is 0 Å². The number of carbonyl (C=O) groups excluding carboxylic acids is 6. The molecule has 450 valence electrons. The molecule has 4 atom stereocenters. The van der Waals surface area contributed by atoms with Crippen molar-refractivity contribution in [2.24, 2.45) is 11.8 Å². The zero-order valence-corrected chi connectivity index (χ0v) is 46.0. The van der Waals surface area contributed by atoms with E-state index in [2.05, 4.69) is 21.3 Å². The van der Waals surface area contributed by atoms with Gasteiger partial charge in [-0.15, -0.1) is 0 Å². The SMILES string of the molecule is C[C@@H](CCCCNC(=O)CC[C@H](CC(=O)CC[C@H](NC(=O)COCCOCCNC(=O)COCCOCCCC(=O)CC[C@H](NC(=O)CCCCCCCCCCCCCCCCC(=O)O)C(=O)O)C(=O)O)C(=O)O)C(=O)O.[HH]. The number of hydrogen-bond donors (Lipinski definition) is 9. The van der Waals surface area contributed by atoms with Gasteiger partial charge in [0.25, 0.3) is 0 Å². The average Bonchev–Trinajstić information content (AvgIpc) is 3.38. The van der Waals surface area contributed by atoms with Gasteiger partial charge in [-0.1, -0.05) is 90.4 Å². The van der Waals surface area contributed by atoms with E-state index in [0.29, 0.717) is 38.6 Å². The van der Waals surface area contributed by atoms with Crippen molar-refractivity contribution in [2.45, 2.75) is 199 Å². The number of ketones is 2. The molecule has 4 amide bonds. The molecular weight excluding hydrogens is 1020 g/mol. The second-order valence-electron chi connectivity index (χ2n) is 19.6. The fourth-order valence-corrected chi connectivity index (χ4v) is 7.90. The molecule has 0 radical (unpaired) electrons. The largest absolute Gasteiger partial charge is 0.481 e. The minimum Gasteiger partial charge on any atom is -0.481 e. The van der Waals surface area contributed by atoms with Crippen molar-refractivity contribution in [2.75, 3.05) is 65.9 Å². The van der Waals surface area contributed by atoms with Gasteiger partial charge in [-0.05, 0) is 51.4 Å². The zero-order valence-electron chi connectivity index (χ0n) is 46.0. The Hall–Kier alpha value is -5.59. The van der Waals surface area contributed by atoms with Gasteiger partial charge in [0.2, 0.25) is 23.6 Å². The molecule has 0 aromatic heterocycles. The van der Waals surface area contributed by atoms with E-state index in [0.717, 1.165) is 51.4 Å². The van der Waals surface area contributed by atoms with Crippen LogP contribution in [0.3, 0.4) is 0 Å². The van der Waals surface area contributed by atoms with E-state index in [4.69, 9.17) is 29.2 Å². The molecule has 0 aliphatic carbocycles. The Morgan fingerprint density at radius 2 is 0.846 bits per heavy atom. The molecule has 24 nitrogen and oxygen atoms in total. The quantitative estimate of drug-likeness (QED) is 0.0352. The van der Waals surface area contributed by atoms with E-state index < -0.39 is 90.3 Å². The number of amides is 4. The summed E-state index contributed by atoms with van der Waals surface area (Å²) < 4.78 is 21.3. The number of carbonyl (C=O) groups is 11. The molecule has 9 N–H and O–H groups in total. The van der Waals surface area contributed by atoms with Crippen molar-refractivity contribution in [3.63, 3.8) is 0 Å². The van der Waals surface area contributed by atoms with Crippen molar-refractivity contribution in [3.8, 4) is 0 Å². The molecule has 0 aromatic rings. The van der Waals surface area contributed by atoms with E-state index >= 15 is 0 Å². The molecule has 0 heterocycles. The Balaban J connectivity index is 0. The van der Waals surface area contributed by atoms with Gasteiger partial charge in [-0.25, -0.2) is 9.59 Å². The first-order valence-corrected chi connectivity index (χ1v) is 27.9. The van der Waals surface area contributed by atoms with Crippen LogP contribution in [0.2, 0.25) is 0 Å². The van der Waals surface area contributed by atoms with Crippen molar-refractivity contribution in [1.29, 1.82) is 0 Å². The second kappa shape index (κ2) is 48.5. The van der Waals surface area contributed by atoms with Crippen LogP contribution in [0.1, 0.15) is 188 Å². The molecule has 0 spiro atoms. The van der Waals surface area contributed by atoms with Crippen LogP contribution < -0.4 is 21.3 Å². The molecule has 0 aliphatic rings. The standard InChI is InChI=1S/C54H92N4O20.H2/c1-40(51(67)68)19-16-17-29-55-46(61)28-23-41(52(69)70)37-43(60)25-27-45(54(73)74)58-49(64)39-78-36-34-76-32-30-56-48(63)38-77-35-33-75-31-18-20-42(59)24-26-44(53(71)72)57-47(62)21-14-12-10-8-6-4-2-3-5-7-9-11-13-15-22-50(65)66;/h40-41,44-45H,2-39H2,1H3,(H,55,61)(H,56,63)(H,57,62)(H,58,64)(H,65,66)(H,67,68)(H,69,70)(H,71,72)(H,73,74);1H/t40-,41+,44-,45-;/m0./s1. The molecular formula is C54H94N4O20. The minimum absolute atomic E-state index is 0. The third-order valence-corrected chi connectivity index (χ3v) is 12.6. The minimum atomic E-state index is -1.44. The Bertz CT molecular complexity index is 1770. The second-order valence-corrected chi connectivity index (χ2v) is 19.6. The smallest absolute Gasteiger partial charge is 0.326 e. The normalized spacial score (nSPS) is 12.6. The number of carboxylic acids is 5. The predicted octanol–water partition coefficient (Wildman–Crippen LogP) is 5.24. The molecule has 78 heavy (non-hydrogen) atoms. The van der Waals surface area contributed by atoms with Crippen LogP contribution in [-0.4, -0.2) is 169 Å². The summed E-state index contributed by atoms with van der Waals surface area (Å²) >= 11 is 0. The monoisotopic (exact) mass is 1120 g/mol. The molecule has 0 bridgehead atoms. The third-order valence-electron chi connectivity index (χ3n) is 12.6. The highest BCUT2D eigenvalue weighted by Gasteiger charge is 2.26. The zero-order chi connectivity index (χ0) is 58.2. The van der Waals surface area contributed by atoms with Crippen LogP contribution in [0.4, 0.5) is 0 Å². The van der Waals surface area contributed by atoms with Gasteiger partial charge >= 0.3 is 29.8 Å². The highest BCUT2D eigenvalue weighted by atomic mass is 16.5. The first-order valence-electron chi connectivity index (χ1n) is 27.9. The maximum Gasteiger partial charge on any atom is 0.326 e. The lowest BCUT2D eigenvalue weighted by molar-refractivity contribution is -0.145. The summed E-state index contributed by atoms with van der Waals surface area (Å²) in [7, 11) is 0. The molecule has 0 aliphatic heterocycles. The summed E-state index contributed by atoms with van der Waals surface area (Å²) in [4.78, 5) is 130. The molecule has 0 saturated heterocycles. The highest BCUT2D eigenvalue weighted by Crippen LogP contribution is 2.17. The number of carboxylic acid groups (broad SMARTS) is 5. The first-order chi connectivity index (χ1) is 37.3. The van der Waals surface area contributed by atoms with Crippen LogP contribution in [0.15, 0.2) is 0 Å². The Morgan fingerprint density at radius 3 is 1.37 bits per heavy atom. The van der Waals surface area contributed by atoms with E-state index in [1.807, 2.05) is 0 Å². The summed E-state index contributed by atoms with van der Waals surface area (Å²) in [6.07, 6.45) is 16.2. The number of aliphatic carboxylic acids is 5. The van der Waals surface area contributed by atoms with Gasteiger partial charge in [0.1, 0.15) is 36.9 Å². The van der Waals surface area contributed by atoms with Crippen molar-refractivity contribution in [1.82, 2.24) is 21.3 Å². The van der Waals surface area contributed by atoms with Crippen LogP contribution in [0.25, 0.3) is 0 Å². The Morgan fingerprint density at radius 1 is 0.372 bits per heavy atom. The Labute approximate surface area is 460 Å². The third kappa shape index (κ3) is 45.4. The van der Waals surface area contributed by atoms with Crippen LogP contribution in [0.5, 0.6) is 0 Å². The van der Waals surface area contributed by atoms with Crippen molar-refractivity contribution in [3.05, 3.63) is 0 Å². The molecule has 24 heteroatoms. The number of unbranched alkanes of at least 4 members (excludes halogenated alkanes) is 14. The topological polar surface area (TPSA) is 374 Å². The maximum atomic E-state index is 12.5. The van der Waals surface area contributed by atoms with E-state index in [1.165, 1.54) is 32.1 Å². The summed E-state index contributed by atoms with van der Waals surface area (Å²) in [5, 5.41) is 56.3. The van der Waals surface area contributed by atoms with E-state index in [1.54, 1.807) is 6.92 Å². The lowest BCUT2D eigenvalue weighted by Crippen LogP contribution is -2.43. The van der Waals surface area contributed by atoms with Gasteiger partial charge in [0.15, 0.2) is 0 Å². The fourth-order valence-electron chi connectivity index (χ4n) is 7.90. The lowest BCUT2D eigenvalue weighted by atomic mass is 9.94. The number of Topliss-reactive ketones (excluding diaryl/α,β-unsaturated/α-hetero) is 2. The highest BCUT2D eigenvalue weighted by molar-refractivity contribution is 5.87. The number of ether oxygens (including phenoxy) is 4. The number of rotatable bonds is 56. The number of nitrogens with one attached hydrogen (secondary N) is 4. The van der Waals surface area contributed by atoms with Gasteiger partial charge in [0.05, 0.1) is 44.9 Å². The molecule has 0 saturated carbocycles. The van der Waals surface area contributed by atoms with Crippen LogP contribution in [0, 0.1) is 11.8 Å². The van der Waals surface area contributed by atoms with Crippen molar-refractivity contribution < 1.29 is 98.6 Å². The summed E-state index contributed by atoms with van der Waals surface area (Å²) in [5.74, 6) is -9.79. The van der Waals surface area contributed by atoms with Crippen LogP contribution >= 0.6 is 0 Å². The number of hydrogen-bond acceptors (Lipinski definition) is 15. The summed E-state index contributed by atoms with van der Waals surface area (Å²) in [5.41, 5.74) is 0. The summed E-state index contributed by atoms with van der Waals surface area (Å²) in [6.45, 7) is 1.97. The van der Waals surface area contributed by atoms with E-state index in [9.17, 15) is 68.1 Å². The molecule has 0 rings (SSSR count). The van der Waals surface area contributed by atoms with Crippen LogP contribution in [-0.2, 0) is 71.7 Å². The maximum absolute atomic E-state index is 12.5. The van der Waals surface area contributed by atoms with Crippen molar-refractivity contribution >= 4 is 65.0 Å². The Kier molecular flexibility index (Phi) is 45.1. The van der Waals surface area contributed by atoms with Gasteiger partial charge in [0, 0.05) is 66.1 Å². The molecule has 0 unspecified atom stereocenters. The summed E-state index contributed by atoms with van der Waals surface area (Å²) in [6, 6.07) is -2.58. The van der Waals surface area contributed by atoms with Gasteiger partial charge < -0.3 is 65.7 Å². The first kappa shape index (κ1) is 72.4.